The molecule has 6 nitrogen and oxygen atoms in total. The molecule has 1 amide bonds. The zero-order valence-electron chi connectivity index (χ0n) is 13.0. The van der Waals surface area contributed by atoms with Gasteiger partial charge in [0.1, 0.15) is 6.04 Å². The maximum Gasteiger partial charge on any atom is 0.328 e. The van der Waals surface area contributed by atoms with Crippen LogP contribution in [0.4, 0.5) is 0 Å². The van der Waals surface area contributed by atoms with E-state index in [1.165, 1.54) is 14.2 Å². The molecule has 1 aliphatic carbocycles. The van der Waals surface area contributed by atoms with Gasteiger partial charge < -0.3 is 14.8 Å². The molecular formula is C15H25NO5. The quantitative estimate of drug-likeness (QED) is 0.750. The largest absolute Gasteiger partial charge is 0.469 e. The van der Waals surface area contributed by atoms with Crippen LogP contribution in [0.5, 0.6) is 0 Å². The van der Waals surface area contributed by atoms with Gasteiger partial charge in [0.25, 0.3) is 0 Å². The number of carbonyl (C=O) groups is 3. The third kappa shape index (κ3) is 5.36. The third-order valence-electron chi connectivity index (χ3n) is 4.01. The standard InChI is InChI=1S/C15H25NO5/c1-10(9-12(17)20-2)13(15(19)21-3)16-14(18)11-7-5-4-6-8-11/h10-11,13H,4-9H2,1-3H3,(H,16,18)/t10-,13-/m0/s1. The molecule has 1 N–H and O–H groups in total. The summed E-state index contributed by atoms with van der Waals surface area (Å²) in [7, 11) is 2.57. The first-order valence-corrected chi connectivity index (χ1v) is 7.44. The van der Waals surface area contributed by atoms with E-state index in [9.17, 15) is 14.4 Å². The van der Waals surface area contributed by atoms with Crippen molar-refractivity contribution in [3.05, 3.63) is 0 Å². The van der Waals surface area contributed by atoms with E-state index in [2.05, 4.69) is 10.1 Å². The molecule has 1 rings (SSSR count). The van der Waals surface area contributed by atoms with Gasteiger partial charge in [-0.2, -0.15) is 0 Å². The Morgan fingerprint density at radius 1 is 1.10 bits per heavy atom. The summed E-state index contributed by atoms with van der Waals surface area (Å²) in [4.78, 5) is 35.4. The van der Waals surface area contributed by atoms with Gasteiger partial charge in [0.2, 0.25) is 5.91 Å². The number of carbonyl (C=O) groups excluding carboxylic acids is 3. The van der Waals surface area contributed by atoms with Crippen LogP contribution in [0.2, 0.25) is 0 Å². The van der Waals surface area contributed by atoms with Crippen LogP contribution in [-0.4, -0.2) is 38.1 Å². The van der Waals surface area contributed by atoms with Gasteiger partial charge in [-0.25, -0.2) is 4.79 Å². The Labute approximate surface area is 125 Å². The Morgan fingerprint density at radius 2 is 1.71 bits per heavy atom. The van der Waals surface area contributed by atoms with Crippen LogP contribution in [-0.2, 0) is 23.9 Å². The summed E-state index contributed by atoms with van der Waals surface area (Å²) < 4.78 is 9.33. The second-order valence-electron chi connectivity index (χ2n) is 5.60. The maximum absolute atomic E-state index is 12.3. The second kappa shape index (κ2) is 8.64. The molecule has 0 unspecified atom stereocenters. The Bertz CT molecular complexity index is 376. The van der Waals surface area contributed by atoms with E-state index in [-0.39, 0.29) is 24.2 Å². The highest BCUT2D eigenvalue weighted by molar-refractivity contribution is 5.86. The third-order valence-corrected chi connectivity index (χ3v) is 4.01. The van der Waals surface area contributed by atoms with E-state index in [1.807, 2.05) is 0 Å². The van der Waals surface area contributed by atoms with Crippen molar-refractivity contribution in [1.82, 2.24) is 5.32 Å². The van der Waals surface area contributed by atoms with Crippen molar-refractivity contribution in [2.75, 3.05) is 14.2 Å². The van der Waals surface area contributed by atoms with E-state index in [1.54, 1.807) is 6.92 Å². The van der Waals surface area contributed by atoms with Crippen LogP contribution in [0.15, 0.2) is 0 Å². The molecule has 0 aliphatic heterocycles. The number of amides is 1. The smallest absolute Gasteiger partial charge is 0.328 e. The monoisotopic (exact) mass is 299 g/mol. The summed E-state index contributed by atoms with van der Waals surface area (Å²) in [5.41, 5.74) is 0. The fourth-order valence-corrected chi connectivity index (χ4v) is 2.66. The average molecular weight is 299 g/mol. The van der Waals surface area contributed by atoms with Gasteiger partial charge in [0.15, 0.2) is 0 Å². The molecule has 1 fully saturated rings. The van der Waals surface area contributed by atoms with Crippen LogP contribution < -0.4 is 5.32 Å². The second-order valence-corrected chi connectivity index (χ2v) is 5.60. The van der Waals surface area contributed by atoms with Crippen molar-refractivity contribution in [3.8, 4) is 0 Å². The van der Waals surface area contributed by atoms with E-state index in [0.717, 1.165) is 32.1 Å². The van der Waals surface area contributed by atoms with Gasteiger partial charge in [-0.3, -0.25) is 9.59 Å². The van der Waals surface area contributed by atoms with Gasteiger partial charge in [0, 0.05) is 5.92 Å². The zero-order valence-corrected chi connectivity index (χ0v) is 13.0. The van der Waals surface area contributed by atoms with Crippen molar-refractivity contribution in [2.24, 2.45) is 11.8 Å². The number of nitrogens with one attached hydrogen (secondary N) is 1. The summed E-state index contributed by atoms with van der Waals surface area (Å²) in [5.74, 6) is -1.49. The SMILES string of the molecule is COC(=O)C[C@H](C)[C@H](NC(=O)C1CCCCC1)C(=O)OC. The molecule has 0 saturated heterocycles. The van der Waals surface area contributed by atoms with Gasteiger partial charge in [-0.05, 0) is 18.8 Å². The molecule has 0 aromatic heterocycles. The first-order valence-electron chi connectivity index (χ1n) is 7.44. The van der Waals surface area contributed by atoms with Crippen LogP contribution >= 0.6 is 0 Å². The van der Waals surface area contributed by atoms with Gasteiger partial charge in [-0.1, -0.05) is 26.2 Å². The predicted molar refractivity (Wildman–Crippen MR) is 76.3 cm³/mol. The average Bonchev–Trinajstić information content (AvgIpc) is 2.52. The van der Waals surface area contributed by atoms with Crippen molar-refractivity contribution in [3.63, 3.8) is 0 Å². The Balaban J connectivity index is 2.66. The summed E-state index contributed by atoms with van der Waals surface area (Å²) in [6.45, 7) is 1.72. The van der Waals surface area contributed by atoms with E-state index in [4.69, 9.17) is 4.74 Å². The zero-order chi connectivity index (χ0) is 15.8. The van der Waals surface area contributed by atoms with Crippen molar-refractivity contribution in [2.45, 2.75) is 51.5 Å². The minimum absolute atomic E-state index is 0.0452. The van der Waals surface area contributed by atoms with Crippen molar-refractivity contribution < 1.29 is 23.9 Å². The number of methoxy groups -OCH3 is 2. The fourth-order valence-electron chi connectivity index (χ4n) is 2.66. The molecule has 6 heteroatoms. The molecule has 0 spiro atoms. The molecule has 0 bridgehead atoms. The highest BCUT2D eigenvalue weighted by Gasteiger charge is 2.32. The minimum atomic E-state index is -0.816. The minimum Gasteiger partial charge on any atom is -0.469 e. The maximum atomic E-state index is 12.3. The molecule has 0 radical (unpaired) electrons. The van der Waals surface area contributed by atoms with Gasteiger partial charge >= 0.3 is 11.9 Å². The number of rotatable bonds is 6. The molecule has 2 atom stereocenters. The first-order chi connectivity index (χ1) is 9.99. The van der Waals surface area contributed by atoms with E-state index < -0.39 is 18.0 Å². The molecule has 1 aliphatic rings. The highest BCUT2D eigenvalue weighted by Crippen LogP contribution is 2.24. The Hall–Kier alpha value is -1.59. The lowest BCUT2D eigenvalue weighted by atomic mass is 9.88. The summed E-state index contributed by atoms with van der Waals surface area (Å²) >= 11 is 0. The topological polar surface area (TPSA) is 81.7 Å². The normalized spacial score (nSPS) is 18.4. The highest BCUT2D eigenvalue weighted by atomic mass is 16.5. The first kappa shape index (κ1) is 17.5. The lowest BCUT2D eigenvalue weighted by Gasteiger charge is -2.26. The molecule has 0 aromatic carbocycles. The number of ether oxygens (including phenoxy) is 2. The lowest BCUT2D eigenvalue weighted by molar-refractivity contribution is -0.149. The van der Waals surface area contributed by atoms with E-state index in [0.29, 0.717) is 0 Å². The van der Waals surface area contributed by atoms with E-state index >= 15 is 0 Å². The van der Waals surface area contributed by atoms with Crippen molar-refractivity contribution in [1.29, 1.82) is 0 Å². The van der Waals surface area contributed by atoms with Crippen LogP contribution in [0, 0.1) is 11.8 Å². The number of hydrogen-bond acceptors (Lipinski definition) is 5. The Morgan fingerprint density at radius 3 is 2.24 bits per heavy atom. The van der Waals surface area contributed by atoms with Gasteiger partial charge in [-0.15, -0.1) is 0 Å². The van der Waals surface area contributed by atoms with Gasteiger partial charge in [0.05, 0.1) is 20.6 Å². The summed E-state index contributed by atoms with van der Waals surface area (Å²) in [6, 6.07) is -0.816. The van der Waals surface area contributed by atoms with Crippen LogP contribution in [0.3, 0.4) is 0 Å². The fraction of sp³-hybridized carbons (Fsp3) is 0.800. The molecule has 21 heavy (non-hydrogen) atoms. The predicted octanol–water partition coefficient (Wildman–Crippen LogP) is 1.42. The lowest BCUT2D eigenvalue weighted by Crippen LogP contribution is -2.48. The number of hydrogen-bond donors (Lipinski definition) is 1. The molecular weight excluding hydrogens is 274 g/mol. The number of esters is 2. The molecule has 1 saturated carbocycles. The van der Waals surface area contributed by atoms with Crippen molar-refractivity contribution >= 4 is 17.8 Å². The molecule has 120 valence electrons. The Kier molecular flexibility index (Phi) is 7.19. The van der Waals surface area contributed by atoms with Crippen LogP contribution in [0.1, 0.15) is 45.4 Å². The molecule has 0 aromatic rings. The van der Waals surface area contributed by atoms with Crippen LogP contribution in [0.25, 0.3) is 0 Å². The summed E-state index contributed by atoms with van der Waals surface area (Å²) in [5, 5.41) is 2.75. The molecule has 0 heterocycles. The summed E-state index contributed by atoms with van der Waals surface area (Å²) in [6.07, 6.45) is 5.00.